The van der Waals surface area contributed by atoms with E-state index < -0.39 is 0 Å². The first-order chi connectivity index (χ1) is 36.0. The molecule has 4 heteroatoms. The first kappa shape index (κ1) is 45.3. The van der Waals surface area contributed by atoms with Gasteiger partial charge in [-0.2, -0.15) is 0 Å². The molecule has 0 amide bonds. The standard InChI is InChI=1S/C69H64N2O2/c1-5-45-31-37-50(38-32-45)70(62-28-16-26-56-54-24-14-22-52(66(54)72-68(56)62)47-18-10-8-11-19-47)60(7-3)58-42-35-49-36-43-61(59-41-30-44(4)64(58)65(49)59)71(51-39-33-46(6-2)34-40-51)63-29-17-27-57-55-25-15-23-53(67(55)73-69(57)63)48-20-12-9-13-21-48/h7,14-17,22-43,47-48H,4-6,8-13,18-21H2,1-3H3/b60-7+. The van der Waals surface area contributed by atoms with Crippen LogP contribution in [0.5, 0.6) is 0 Å². The fourth-order valence-corrected chi connectivity index (χ4v) is 13.1. The van der Waals surface area contributed by atoms with E-state index in [1.54, 1.807) is 0 Å². The van der Waals surface area contributed by atoms with Crippen LogP contribution in [0.3, 0.4) is 0 Å². The number of allylic oxidation sites excluding steroid dienone is 1. The van der Waals surface area contributed by atoms with Crippen molar-refractivity contribution in [3.05, 3.63) is 197 Å². The minimum Gasteiger partial charge on any atom is -0.454 e. The third kappa shape index (κ3) is 7.63. The van der Waals surface area contributed by atoms with Gasteiger partial charge in [0.05, 0.1) is 17.1 Å². The van der Waals surface area contributed by atoms with E-state index >= 15 is 0 Å². The maximum atomic E-state index is 7.24. The van der Waals surface area contributed by atoms with Gasteiger partial charge in [-0.3, -0.25) is 0 Å². The molecule has 0 bridgehead atoms. The molecule has 4 nitrogen and oxygen atoms in total. The molecule has 2 aliphatic rings. The lowest BCUT2D eigenvalue weighted by atomic mass is 9.83. The van der Waals surface area contributed by atoms with Crippen LogP contribution < -0.4 is 15.0 Å². The maximum Gasteiger partial charge on any atom is 0.159 e. The minimum atomic E-state index is 0.520. The van der Waals surface area contributed by atoms with Crippen LogP contribution in [-0.4, -0.2) is 0 Å². The van der Waals surface area contributed by atoms with Crippen molar-refractivity contribution in [3.63, 3.8) is 0 Å². The van der Waals surface area contributed by atoms with Crippen LogP contribution in [0, 0.1) is 0 Å². The molecule has 362 valence electrons. The summed E-state index contributed by atoms with van der Waals surface area (Å²) >= 11 is 0. The van der Waals surface area contributed by atoms with Crippen LogP contribution in [0.4, 0.5) is 28.4 Å². The van der Waals surface area contributed by atoms with E-state index in [9.17, 15) is 0 Å². The molecule has 2 heterocycles. The van der Waals surface area contributed by atoms with Crippen molar-refractivity contribution in [1.29, 1.82) is 0 Å². The maximum absolute atomic E-state index is 7.24. The number of fused-ring (bicyclic) bond motifs is 6. The highest BCUT2D eigenvalue weighted by atomic mass is 16.3. The van der Waals surface area contributed by atoms with Crippen molar-refractivity contribution in [2.75, 3.05) is 9.80 Å². The highest BCUT2D eigenvalue weighted by Gasteiger charge is 2.29. The topological polar surface area (TPSA) is 32.8 Å². The largest absolute Gasteiger partial charge is 0.454 e. The van der Waals surface area contributed by atoms with Gasteiger partial charge in [0, 0.05) is 49.6 Å². The molecular weight excluding hydrogens is 889 g/mol. The lowest BCUT2D eigenvalue weighted by Crippen LogP contribution is -2.18. The van der Waals surface area contributed by atoms with E-state index in [1.807, 2.05) is 0 Å². The molecule has 9 aromatic carbocycles. The predicted molar refractivity (Wildman–Crippen MR) is 311 cm³/mol. The Morgan fingerprint density at radius 3 is 1.55 bits per heavy atom. The molecule has 0 spiro atoms. The van der Waals surface area contributed by atoms with Gasteiger partial charge in [0.2, 0.25) is 0 Å². The second kappa shape index (κ2) is 18.8. The van der Waals surface area contributed by atoms with Gasteiger partial charge in [-0.15, -0.1) is 0 Å². The van der Waals surface area contributed by atoms with Crippen LogP contribution in [0.25, 0.3) is 77.7 Å². The average molecular weight is 953 g/mol. The van der Waals surface area contributed by atoms with Gasteiger partial charge in [-0.25, -0.2) is 0 Å². The minimum absolute atomic E-state index is 0.520. The normalized spacial score (nSPS) is 15.2. The predicted octanol–water partition coefficient (Wildman–Crippen LogP) is 19.8. The Morgan fingerprint density at radius 2 is 0.986 bits per heavy atom. The molecular formula is C69H64N2O2. The first-order valence-corrected chi connectivity index (χ1v) is 27.3. The van der Waals surface area contributed by atoms with E-state index in [0.717, 1.165) is 102 Å². The van der Waals surface area contributed by atoms with Crippen LogP contribution in [0.15, 0.2) is 173 Å². The van der Waals surface area contributed by atoms with Crippen molar-refractivity contribution in [3.8, 4) is 0 Å². The Morgan fingerprint density at radius 1 is 0.479 bits per heavy atom. The summed E-state index contributed by atoms with van der Waals surface area (Å²) in [5.41, 5.74) is 16.7. The number of nitrogens with zero attached hydrogens (tertiary/aromatic N) is 2. The summed E-state index contributed by atoms with van der Waals surface area (Å²) in [6, 6.07) is 59.0. The van der Waals surface area contributed by atoms with E-state index in [1.165, 1.54) is 108 Å². The molecule has 2 aromatic heterocycles. The molecule has 0 N–H and O–H groups in total. The number of hydrogen-bond acceptors (Lipinski definition) is 4. The summed E-state index contributed by atoms with van der Waals surface area (Å²) in [4.78, 5) is 4.87. The highest BCUT2D eigenvalue weighted by molar-refractivity contribution is 6.21. The number of benzene rings is 9. The molecule has 0 radical (unpaired) electrons. The molecule has 0 saturated heterocycles. The molecule has 13 rings (SSSR count). The number of aryl methyl sites for hydroxylation is 2. The van der Waals surface area contributed by atoms with E-state index in [-0.39, 0.29) is 0 Å². The molecule has 2 aliphatic carbocycles. The monoisotopic (exact) mass is 952 g/mol. The van der Waals surface area contributed by atoms with Crippen LogP contribution in [0.2, 0.25) is 0 Å². The van der Waals surface area contributed by atoms with Crippen molar-refractivity contribution in [2.24, 2.45) is 0 Å². The van der Waals surface area contributed by atoms with E-state index in [4.69, 9.17) is 15.4 Å². The first-order valence-electron chi connectivity index (χ1n) is 27.3. The van der Waals surface area contributed by atoms with Crippen molar-refractivity contribution >= 4 is 106 Å². The third-order valence-corrected chi connectivity index (χ3v) is 16.9. The molecule has 11 aromatic rings. The molecule has 0 aliphatic heterocycles. The smallest absolute Gasteiger partial charge is 0.159 e. The van der Waals surface area contributed by atoms with E-state index in [0.29, 0.717) is 11.8 Å². The number of furan rings is 2. The van der Waals surface area contributed by atoms with Gasteiger partial charge < -0.3 is 18.6 Å². The average Bonchev–Trinajstić information content (AvgIpc) is 4.04. The highest BCUT2D eigenvalue weighted by Crippen LogP contribution is 2.50. The number of para-hydroxylation sites is 4. The lowest BCUT2D eigenvalue weighted by Gasteiger charge is -2.30. The van der Waals surface area contributed by atoms with Gasteiger partial charge in [0.25, 0.3) is 0 Å². The second-order valence-corrected chi connectivity index (χ2v) is 21.0. The summed E-state index contributed by atoms with van der Waals surface area (Å²) in [6.45, 7) is 11.4. The summed E-state index contributed by atoms with van der Waals surface area (Å²) in [5.74, 6) is 1.04. The SMILES string of the molecule is C=c1ccc2c(N(c3ccc(CC)cc3)c3cccc4c3oc3c(C5CCCCC5)cccc34)ccc3ccc(/C(=C\C)N(c4ccc(CC)cc4)c4cccc5c4oc4c(C6CCCCC6)cccc45)c1c32. The number of hydrogen-bond donors (Lipinski definition) is 0. The number of anilines is 5. The Kier molecular flexibility index (Phi) is 11.7. The Labute approximate surface area is 429 Å². The zero-order valence-corrected chi connectivity index (χ0v) is 42.6. The van der Waals surface area contributed by atoms with E-state index in [2.05, 4.69) is 194 Å². The van der Waals surface area contributed by atoms with Crippen molar-refractivity contribution < 1.29 is 8.83 Å². The zero-order valence-electron chi connectivity index (χ0n) is 42.6. The molecule has 0 unspecified atom stereocenters. The van der Waals surface area contributed by atoms with Crippen LogP contribution in [-0.2, 0) is 12.8 Å². The quantitative estimate of drug-likeness (QED) is 0.129. The van der Waals surface area contributed by atoms with Gasteiger partial charge in [0.15, 0.2) is 11.2 Å². The summed E-state index contributed by atoms with van der Waals surface area (Å²) < 4.78 is 14.5. The Bertz CT molecular complexity index is 3930. The van der Waals surface area contributed by atoms with Gasteiger partial charge in [-0.1, -0.05) is 180 Å². The van der Waals surface area contributed by atoms with Crippen molar-refractivity contribution in [2.45, 2.75) is 110 Å². The Balaban J connectivity index is 1.02. The number of rotatable bonds is 11. The van der Waals surface area contributed by atoms with Gasteiger partial charge in [-0.05, 0) is 143 Å². The molecule has 2 fully saturated rings. The van der Waals surface area contributed by atoms with Crippen molar-refractivity contribution in [1.82, 2.24) is 0 Å². The zero-order chi connectivity index (χ0) is 49.2. The molecule has 2 saturated carbocycles. The van der Waals surface area contributed by atoms with Crippen LogP contribution in [0.1, 0.15) is 125 Å². The lowest BCUT2D eigenvalue weighted by molar-refractivity contribution is 0.442. The molecule has 0 atom stereocenters. The van der Waals surface area contributed by atoms with Gasteiger partial charge >= 0.3 is 0 Å². The fourth-order valence-electron chi connectivity index (χ4n) is 13.1. The second-order valence-electron chi connectivity index (χ2n) is 21.0. The molecule has 73 heavy (non-hydrogen) atoms. The fraction of sp³-hybridized carbons (Fsp3) is 0.246. The van der Waals surface area contributed by atoms with Gasteiger partial charge in [0.1, 0.15) is 11.2 Å². The Hall–Kier alpha value is -7.56. The summed E-state index contributed by atoms with van der Waals surface area (Å²) in [6.07, 6.45) is 16.8. The third-order valence-electron chi connectivity index (χ3n) is 16.9. The van der Waals surface area contributed by atoms with Crippen LogP contribution >= 0.6 is 0 Å². The summed E-state index contributed by atoms with van der Waals surface area (Å²) in [5, 5.41) is 10.3. The summed E-state index contributed by atoms with van der Waals surface area (Å²) in [7, 11) is 0.